The first-order valence-corrected chi connectivity index (χ1v) is 6.02. The van der Waals surface area contributed by atoms with Crippen LogP contribution in [0.1, 0.15) is 24.8 Å². The number of hydrogen-bond donors (Lipinski definition) is 1. The fraction of sp³-hybridized carbons (Fsp3) is 0.538. The zero-order valence-electron chi connectivity index (χ0n) is 10.3. The molecule has 0 spiro atoms. The molecule has 1 aromatic rings. The standard InChI is InChI=1S/C13H16F5N/c14-12(15,11-6-2-1-3-7-11)10-19-9-5-4-8-13(16,17)18/h1-3,6-7,19H,4-5,8-10H2. The van der Waals surface area contributed by atoms with Crippen molar-refractivity contribution in [2.24, 2.45) is 0 Å². The maximum Gasteiger partial charge on any atom is 0.389 e. The molecule has 0 aromatic heterocycles. The zero-order valence-corrected chi connectivity index (χ0v) is 10.3. The monoisotopic (exact) mass is 281 g/mol. The minimum atomic E-state index is -4.17. The zero-order chi connectivity index (χ0) is 14.4. The topological polar surface area (TPSA) is 12.0 Å². The number of halogens is 5. The highest BCUT2D eigenvalue weighted by Gasteiger charge is 2.30. The Labute approximate surface area is 108 Å². The fourth-order valence-corrected chi connectivity index (χ4v) is 1.60. The van der Waals surface area contributed by atoms with Gasteiger partial charge in [0.15, 0.2) is 0 Å². The Morgan fingerprint density at radius 1 is 0.895 bits per heavy atom. The number of hydrogen-bond acceptors (Lipinski definition) is 1. The summed E-state index contributed by atoms with van der Waals surface area (Å²) in [7, 11) is 0. The third kappa shape index (κ3) is 6.52. The van der Waals surface area contributed by atoms with Crippen LogP contribution in [0.15, 0.2) is 30.3 Å². The van der Waals surface area contributed by atoms with Crippen molar-refractivity contribution >= 4 is 0 Å². The SMILES string of the molecule is FC(F)(F)CCCCNCC(F)(F)c1ccccc1. The summed E-state index contributed by atoms with van der Waals surface area (Å²) < 4.78 is 62.7. The Bertz CT molecular complexity index is 361. The molecule has 0 heterocycles. The van der Waals surface area contributed by atoms with Gasteiger partial charge in [0.1, 0.15) is 0 Å². The van der Waals surface area contributed by atoms with Crippen LogP contribution in [0.4, 0.5) is 22.0 Å². The summed E-state index contributed by atoms with van der Waals surface area (Å²) >= 11 is 0. The van der Waals surface area contributed by atoms with Crippen LogP contribution in [-0.2, 0) is 5.92 Å². The third-order valence-electron chi connectivity index (χ3n) is 2.61. The van der Waals surface area contributed by atoms with Crippen LogP contribution in [0, 0.1) is 0 Å². The van der Waals surface area contributed by atoms with Crippen LogP contribution >= 0.6 is 0 Å². The fourth-order valence-electron chi connectivity index (χ4n) is 1.60. The van der Waals surface area contributed by atoms with Gasteiger partial charge >= 0.3 is 6.18 Å². The summed E-state index contributed by atoms with van der Waals surface area (Å²) in [5.41, 5.74) is -0.0993. The highest BCUT2D eigenvalue weighted by atomic mass is 19.4. The molecule has 0 bridgehead atoms. The number of benzene rings is 1. The van der Waals surface area contributed by atoms with Crippen LogP contribution in [-0.4, -0.2) is 19.3 Å². The van der Waals surface area contributed by atoms with Crippen LogP contribution in [0.25, 0.3) is 0 Å². The second-order valence-electron chi connectivity index (χ2n) is 4.32. The Morgan fingerprint density at radius 3 is 2.11 bits per heavy atom. The molecule has 6 heteroatoms. The average Bonchev–Trinajstić information content (AvgIpc) is 2.33. The van der Waals surface area contributed by atoms with E-state index in [0.29, 0.717) is 0 Å². The Kier molecular flexibility index (Phi) is 5.72. The molecular formula is C13H16F5N. The number of rotatable bonds is 7. The van der Waals surface area contributed by atoms with Gasteiger partial charge in [-0.25, -0.2) is 0 Å². The van der Waals surface area contributed by atoms with Crippen molar-refractivity contribution < 1.29 is 22.0 Å². The van der Waals surface area contributed by atoms with Gasteiger partial charge in [0, 0.05) is 12.0 Å². The molecule has 19 heavy (non-hydrogen) atoms. The summed E-state index contributed by atoms with van der Waals surface area (Å²) in [4.78, 5) is 0. The van der Waals surface area contributed by atoms with Gasteiger partial charge in [-0.3, -0.25) is 0 Å². The summed E-state index contributed by atoms with van der Waals surface area (Å²) in [5.74, 6) is -3.01. The van der Waals surface area contributed by atoms with E-state index in [9.17, 15) is 22.0 Å². The van der Waals surface area contributed by atoms with E-state index in [1.165, 1.54) is 24.3 Å². The second-order valence-corrected chi connectivity index (χ2v) is 4.32. The predicted molar refractivity (Wildman–Crippen MR) is 63.1 cm³/mol. The highest BCUT2D eigenvalue weighted by Crippen LogP contribution is 2.26. The van der Waals surface area contributed by atoms with E-state index in [0.717, 1.165) is 0 Å². The first kappa shape index (κ1) is 15.9. The van der Waals surface area contributed by atoms with Crippen molar-refractivity contribution in [1.82, 2.24) is 5.32 Å². The molecule has 108 valence electrons. The maximum absolute atomic E-state index is 13.6. The van der Waals surface area contributed by atoms with Gasteiger partial charge in [0.05, 0.1) is 6.54 Å². The second kappa shape index (κ2) is 6.84. The molecule has 0 saturated carbocycles. The molecule has 0 aliphatic rings. The molecule has 1 N–H and O–H groups in total. The summed E-state index contributed by atoms with van der Waals surface area (Å²) in [6.07, 6.45) is -4.87. The lowest BCUT2D eigenvalue weighted by atomic mass is 10.1. The van der Waals surface area contributed by atoms with Crippen LogP contribution in [0.5, 0.6) is 0 Å². The minimum absolute atomic E-state index is 0.0482. The van der Waals surface area contributed by atoms with Gasteiger partial charge in [-0.15, -0.1) is 0 Å². The Balaban J connectivity index is 2.22. The van der Waals surface area contributed by atoms with Crippen LogP contribution < -0.4 is 5.32 Å². The third-order valence-corrected chi connectivity index (χ3v) is 2.61. The largest absolute Gasteiger partial charge is 0.389 e. The molecule has 0 atom stereocenters. The van der Waals surface area contributed by atoms with E-state index in [4.69, 9.17) is 0 Å². The maximum atomic E-state index is 13.6. The van der Waals surface area contributed by atoms with E-state index in [-0.39, 0.29) is 24.9 Å². The van der Waals surface area contributed by atoms with Crippen molar-refractivity contribution in [2.45, 2.75) is 31.4 Å². The molecule has 0 fully saturated rings. The normalized spacial score (nSPS) is 12.7. The molecule has 1 aromatic carbocycles. The molecule has 1 nitrogen and oxygen atoms in total. The van der Waals surface area contributed by atoms with E-state index >= 15 is 0 Å². The summed E-state index contributed by atoms with van der Waals surface area (Å²) in [6.45, 7) is -0.415. The Morgan fingerprint density at radius 2 is 1.53 bits per heavy atom. The van der Waals surface area contributed by atoms with Crippen molar-refractivity contribution in [3.8, 4) is 0 Å². The van der Waals surface area contributed by atoms with E-state index in [1.807, 2.05) is 0 Å². The molecule has 0 aliphatic heterocycles. The van der Waals surface area contributed by atoms with Crippen LogP contribution in [0.3, 0.4) is 0 Å². The van der Waals surface area contributed by atoms with E-state index < -0.39 is 25.1 Å². The first-order valence-electron chi connectivity index (χ1n) is 6.02. The molecule has 0 aliphatic carbocycles. The molecule has 0 unspecified atom stereocenters. The van der Waals surface area contributed by atoms with Crippen molar-refractivity contribution in [1.29, 1.82) is 0 Å². The molecule has 0 radical (unpaired) electrons. The predicted octanol–water partition coefficient (Wildman–Crippen LogP) is 4.10. The number of alkyl halides is 5. The van der Waals surface area contributed by atoms with Gasteiger partial charge in [-0.2, -0.15) is 22.0 Å². The van der Waals surface area contributed by atoms with Gasteiger partial charge in [0.2, 0.25) is 0 Å². The number of unbranched alkanes of at least 4 members (excludes halogenated alkanes) is 1. The van der Waals surface area contributed by atoms with Gasteiger partial charge < -0.3 is 5.32 Å². The molecular weight excluding hydrogens is 265 g/mol. The lowest BCUT2D eigenvalue weighted by molar-refractivity contribution is -0.135. The smallest absolute Gasteiger partial charge is 0.311 e. The van der Waals surface area contributed by atoms with E-state index in [2.05, 4.69) is 5.32 Å². The van der Waals surface area contributed by atoms with E-state index in [1.54, 1.807) is 6.07 Å². The summed E-state index contributed by atoms with van der Waals surface area (Å²) in [6, 6.07) is 7.33. The molecule has 0 saturated heterocycles. The molecule has 0 amide bonds. The van der Waals surface area contributed by atoms with Gasteiger partial charge in [0.25, 0.3) is 5.92 Å². The first-order chi connectivity index (χ1) is 8.81. The average molecular weight is 281 g/mol. The van der Waals surface area contributed by atoms with Gasteiger partial charge in [-0.1, -0.05) is 30.3 Å². The lowest BCUT2D eigenvalue weighted by Crippen LogP contribution is -2.31. The van der Waals surface area contributed by atoms with Crippen molar-refractivity contribution in [2.75, 3.05) is 13.1 Å². The minimum Gasteiger partial charge on any atom is -0.311 e. The highest BCUT2D eigenvalue weighted by molar-refractivity contribution is 5.20. The quantitative estimate of drug-likeness (QED) is 0.586. The van der Waals surface area contributed by atoms with Gasteiger partial charge in [-0.05, 0) is 19.4 Å². The summed E-state index contributed by atoms with van der Waals surface area (Å²) in [5, 5.41) is 2.49. The van der Waals surface area contributed by atoms with Crippen LogP contribution in [0.2, 0.25) is 0 Å². The number of nitrogens with one attached hydrogen (secondary N) is 1. The van der Waals surface area contributed by atoms with Crippen molar-refractivity contribution in [3.05, 3.63) is 35.9 Å². The lowest BCUT2D eigenvalue weighted by Gasteiger charge is -2.17. The molecule has 1 rings (SSSR count). The Hall–Kier alpha value is -1.17. The van der Waals surface area contributed by atoms with Crippen molar-refractivity contribution in [3.63, 3.8) is 0 Å².